The fourth-order valence-corrected chi connectivity index (χ4v) is 1.03. The van der Waals surface area contributed by atoms with Crippen LogP contribution in [0, 0.1) is 9.54 Å². The quantitative estimate of drug-likeness (QED) is 0.549. The summed E-state index contributed by atoms with van der Waals surface area (Å²) in [5.41, 5.74) is 0. The Bertz CT molecular complexity index is 330. The second-order valence-electron chi connectivity index (χ2n) is 2.21. The van der Waals surface area contributed by atoms with Crippen LogP contribution in [0.25, 0.3) is 0 Å². The van der Waals surface area contributed by atoms with Crippen molar-refractivity contribution in [3.63, 3.8) is 0 Å². The van der Waals surface area contributed by atoms with Gasteiger partial charge in [-0.3, -0.25) is 0 Å². The van der Waals surface area contributed by atoms with Crippen molar-refractivity contribution >= 4 is 89.5 Å². The summed E-state index contributed by atoms with van der Waals surface area (Å²) in [4.78, 5) is 11.4. The third-order valence-electron chi connectivity index (χ3n) is 1.08. The molecule has 4 nitrogen and oxygen atoms in total. The third-order valence-corrected chi connectivity index (χ3v) is 1.47. The van der Waals surface area contributed by atoms with E-state index in [-0.39, 0.29) is 59.1 Å². The molecule has 2 radical (unpaired) electrons. The summed E-state index contributed by atoms with van der Waals surface area (Å²) in [5, 5.41) is 0. The summed E-state index contributed by atoms with van der Waals surface area (Å²) in [6.07, 6.45) is 0. The second kappa shape index (κ2) is 7.53. The molecule has 13 heavy (non-hydrogen) atoms. The maximum Gasteiger partial charge on any atom is 0.207 e. The van der Waals surface area contributed by atoms with Crippen LogP contribution in [-0.4, -0.2) is 88.2 Å². The first-order chi connectivity index (χ1) is 5.09. The molecule has 1 aromatic rings. The van der Waals surface area contributed by atoms with E-state index < -0.39 is 0 Å². The van der Waals surface area contributed by atoms with Gasteiger partial charge in [-0.1, -0.05) is 0 Å². The van der Waals surface area contributed by atoms with Gasteiger partial charge in [0.1, 0.15) is 0 Å². The van der Waals surface area contributed by atoms with Crippen molar-refractivity contribution in [1.82, 2.24) is 15.0 Å². The largest absolute Gasteiger partial charge is 0.348 e. The van der Waals surface area contributed by atoms with E-state index >= 15 is 0 Å². The molecule has 8 heteroatoms. The minimum Gasteiger partial charge on any atom is -0.348 e. The molecule has 0 spiro atoms. The average molecular weight is 234 g/mol. The minimum absolute atomic E-state index is 0. The molecule has 1 heterocycles. The first kappa shape index (κ1) is 16.7. The number of aromatic amines is 2. The van der Waals surface area contributed by atoms with Crippen molar-refractivity contribution in [3.05, 3.63) is 9.54 Å². The Morgan fingerprint density at radius 3 is 2.08 bits per heavy atom. The van der Waals surface area contributed by atoms with Crippen molar-refractivity contribution < 1.29 is 0 Å². The van der Waals surface area contributed by atoms with Gasteiger partial charge in [0.05, 0.1) is 0 Å². The minimum atomic E-state index is 0. The second-order valence-corrected chi connectivity index (χ2v) is 3.01. The Balaban J connectivity index is 0. The molecular weight excluding hydrogens is 226 g/mol. The van der Waals surface area contributed by atoms with E-state index in [9.17, 15) is 0 Å². The van der Waals surface area contributed by atoms with Crippen molar-refractivity contribution in [1.29, 1.82) is 0 Å². The molecule has 0 saturated carbocycles. The Morgan fingerprint density at radius 2 is 1.69 bits per heavy atom. The Morgan fingerprint density at radius 1 is 1.15 bits per heavy atom. The van der Waals surface area contributed by atoms with Crippen LogP contribution in [0.15, 0.2) is 0 Å². The summed E-state index contributed by atoms with van der Waals surface area (Å²) in [7, 11) is 3.73. The van der Waals surface area contributed by atoms with Gasteiger partial charge in [-0.05, 0) is 24.4 Å². The van der Waals surface area contributed by atoms with E-state index in [4.69, 9.17) is 24.4 Å². The topological polar surface area (TPSA) is 47.7 Å². The van der Waals surface area contributed by atoms with Crippen LogP contribution in [0.1, 0.15) is 0 Å². The van der Waals surface area contributed by atoms with Crippen LogP contribution in [-0.2, 0) is 0 Å². The predicted molar refractivity (Wildman–Crippen MR) is 60.4 cm³/mol. The molecule has 1 aromatic heterocycles. The average Bonchev–Trinajstić information content (AvgIpc) is 1.85. The van der Waals surface area contributed by atoms with Crippen molar-refractivity contribution in [2.45, 2.75) is 0 Å². The zero-order valence-electron chi connectivity index (χ0n) is 8.21. The zero-order valence-corrected chi connectivity index (χ0v) is 13.8. The van der Waals surface area contributed by atoms with Crippen LogP contribution in [0.4, 0.5) is 5.95 Å². The molecular formula is C5H8N4Na2S2. The van der Waals surface area contributed by atoms with Gasteiger partial charge >= 0.3 is 0 Å². The number of hydrogen-bond donors (Lipinski definition) is 2. The summed E-state index contributed by atoms with van der Waals surface area (Å²) >= 11 is 9.69. The molecule has 0 bridgehead atoms. The molecule has 0 aliphatic rings. The standard InChI is InChI=1S/C5H8N4S2.2Na/c1-9(2)3-6-4(10)8-5(11)7-3;;/h1-2H3,(H2,6,7,8,10,11);;. The smallest absolute Gasteiger partial charge is 0.207 e. The van der Waals surface area contributed by atoms with Gasteiger partial charge in [0, 0.05) is 73.2 Å². The zero-order chi connectivity index (χ0) is 8.43. The van der Waals surface area contributed by atoms with E-state index in [0.717, 1.165) is 0 Å². The van der Waals surface area contributed by atoms with E-state index in [1.54, 1.807) is 4.90 Å². The molecule has 0 aromatic carbocycles. The van der Waals surface area contributed by atoms with E-state index in [1.165, 1.54) is 0 Å². The molecule has 0 saturated heterocycles. The molecule has 2 N–H and O–H groups in total. The molecule has 0 atom stereocenters. The summed E-state index contributed by atoms with van der Waals surface area (Å²) in [6, 6.07) is 0. The SMILES string of the molecule is CN(C)c1nc(=S)[nH]c(=S)[nH]1.[Na].[Na]. The Kier molecular flexibility index (Phi) is 9.66. The normalized spacial score (nSPS) is 8.15. The maximum absolute atomic E-state index is 4.86. The first-order valence-corrected chi connectivity index (χ1v) is 3.79. The first-order valence-electron chi connectivity index (χ1n) is 2.97. The van der Waals surface area contributed by atoms with E-state index in [1.807, 2.05) is 14.1 Å². The van der Waals surface area contributed by atoms with Crippen molar-refractivity contribution in [2.75, 3.05) is 19.0 Å². The van der Waals surface area contributed by atoms with Gasteiger partial charge in [-0.15, -0.1) is 0 Å². The number of hydrogen-bond acceptors (Lipinski definition) is 4. The summed E-state index contributed by atoms with van der Waals surface area (Å²) < 4.78 is 0.895. The van der Waals surface area contributed by atoms with Gasteiger partial charge < -0.3 is 14.9 Å². The van der Waals surface area contributed by atoms with E-state index in [0.29, 0.717) is 15.5 Å². The number of H-pyrrole nitrogens is 2. The molecule has 1 rings (SSSR count). The number of aromatic nitrogens is 3. The van der Waals surface area contributed by atoms with Crippen LogP contribution in [0.5, 0.6) is 0 Å². The van der Waals surface area contributed by atoms with E-state index in [2.05, 4.69) is 15.0 Å². The van der Waals surface area contributed by atoms with Gasteiger partial charge in [0.25, 0.3) is 0 Å². The van der Waals surface area contributed by atoms with Crippen LogP contribution >= 0.6 is 24.4 Å². The van der Waals surface area contributed by atoms with Crippen LogP contribution in [0.2, 0.25) is 0 Å². The number of anilines is 1. The van der Waals surface area contributed by atoms with Gasteiger partial charge in [0.2, 0.25) is 10.7 Å². The Hall–Kier alpha value is 1.25. The number of rotatable bonds is 1. The summed E-state index contributed by atoms with van der Waals surface area (Å²) in [6.45, 7) is 0. The van der Waals surface area contributed by atoms with Crippen molar-refractivity contribution in [3.8, 4) is 0 Å². The fraction of sp³-hybridized carbons (Fsp3) is 0.400. The van der Waals surface area contributed by atoms with Gasteiger partial charge in [-0.2, -0.15) is 4.98 Å². The van der Waals surface area contributed by atoms with Crippen LogP contribution < -0.4 is 4.90 Å². The molecule has 0 aliphatic heterocycles. The third kappa shape index (κ3) is 5.64. The van der Waals surface area contributed by atoms with Gasteiger partial charge in [0.15, 0.2) is 4.77 Å². The van der Waals surface area contributed by atoms with Crippen LogP contribution in [0.3, 0.4) is 0 Å². The Labute approximate surface area is 131 Å². The molecule has 0 unspecified atom stereocenters. The monoisotopic (exact) mass is 234 g/mol. The number of nitrogens with one attached hydrogen (secondary N) is 2. The summed E-state index contributed by atoms with van der Waals surface area (Å²) in [5.74, 6) is 0.666. The number of nitrogens with zero attached hydrogens (tertiary/aromatic N) is 2. The van der Waals surface area contributed by atoms with Gasteiger partial charge in [-0.25, -0.2) is 0 Å². The van der Waals surface area contributed by atoms with Crippen molar-refractivity contribution in [2.24, 2.45) is 0 Å². The predicted octanol–water partition coefficient (Wildman–Crippen LogP) is 0.501. The fourth-order valence-electron chi connectivity index (χ4n) is 0.594. The maximum atomic E-state index is 4.86. The molecule has 0 fully saturated rings. The molecule has 0 amide bonds. The molecule has 0 aliphatic carbocycles. The molecule has 62 valence electrons.